The Balaban J connectivity index is 2.43. The lowest BCUT2D eigenvalue weighted by Gasteiger charge is -2.20. The quantitative estimate of drug-likeness (QED) is 0.476. The van der Waals surface area contributed by atoms with Crippen molar-refractivity contribution in [3.63, 3.8) is 0 Å². The molecule has 6 heteroatoms. The summed E-state index contributed by atoms with van der Waals surface area (Å²) in [6, 6.07) is 3.17. The zero-order valence-corrected chi connectivity index (χ0v) is 13.0. The predicted molar refractivity (Wildman–Crippen MR) is 78.9 cm³/mol. The molecule has 1 aromatic carbocycles. The maximum absolute atomic E-state index is 14.5. The van der Waals surface area contributed by atoms with Crippen LogP contribution in [-0.4, -0.2) is 24.5 Å². The number of methoxy groups -OCH3 is 1. The summed E-state index contributed by atoms with van der Waals surface area (Å²) in [7, 11) is 1.22. The molecule has 1 aliphatic rings. The van der Waals surface area contributed by atoms with Crippen LogP contribution in [0.25, 0.3) is 0 Å². The van der Waals surface area contributed by atoms with Crippen LogP contribution in [0.4, 0.5) is 4.39 Å². The zero-order valence-electron chi connectivity index (χ0n) is 13.0. The molecule has 0 saturated heterocycles. The maximum Gasteiger partial charge on any atom is 0.309 e. The standard InChI is InChI=1S/C16H20FNO4/c1-9-4-5-11-6-13(15(17)7-12(9)11)14(8-18(20)21)10(2)16(19)22-3/h6-7,9-10,14H,4-5,8H2,1-3H3/t9?,10?,14-/m1/s1. The Kier molecular flexibility index (Phi) is 4.78. The van der Waals surface area contributed by atoms with Gasteiger partial charge >= 0.3 is 5.97 Å². The normalized spacial score (nSPS) is 19.4. The van der Waals surface area contributed by atoms with Gasteiger partial charge in [-0.05, 0) is 41.5 Å². The fourth-order valence-corrected chi connectivity index (χ4v) is 3.18. The van der Waals surface area contributed by atoms with Crippen LogP contribution in [0.2, 0.25) is 0 Å². The summed E-state index contributed by atoms with van der Waals surface area (Å²) in [5.74, 6) is -2.36. The highest BCUT2D eigenvalue weighted by atomic mass is 19.1. The number of carbonyl (C=O) groups is 1. The van der Waals surface area contributed by atoms with E-state index in [1.54, 1.807) is 6.07 Å². The highest BCUT2D eigenvalue weighted by Crippen LogP contribution is 2.37. The van der Waals surface area contributed by atoms with Gasteiger partial charge in [0.05, 0.1) is 18.9 Å². The minimum absolute atomic E-state index is 0.238. The molecule has 1 aromatic rings. The average molecular weight is 309 g/mol. The van der Waals surface area contributed by atoms with E-state index in [0.29, 0.717) is 5.92 Å². The van der Waals surface area contributed by atoms with E-state index in [-0.39, 0.29) is 5.56 Å². The summed E-state index contributed by atoms with van der Waals surface area (Å²) in [4.78, 5) is 22.1. The van der Waals surface area contributed by atoms with Gasteiger partial charge in [0.2, 0.25) is 6.54 Å². The van der Waals surface area contributed by atoms with Crippen molar-refractivity contribution in [2.24, 2.45) is 5.92 Å². The van der Waals surface area contributed by atoms with Gasteiger partial charge in [-0.25, -0.2) is 4.39 Å². The summed E-state index contributed by atoms with van der Waals surface area (Å²) in [5.41, 5.74) is 2.23. The Hall–Kier alpha value is -1.98. The average Bonchev–Trinajstić information content (AvgIpc) is 2.83. The zero-order chi connectivity index (χ0) is 16.4. The van der Waals surface area contributed by atoms with E-state index in [2.05, 4.69) is 4.74 Å². The summed E-state index contributed by atoms with van der Waals surface area (Å²) in [6.45, 7) is 3.08. The highest BCUT2D eigenvalue weighted by Gasteiger charge is 2.34. The van der Waals surface area contributed by atoms with Crippen LogP contribution < -0.4 is 0 Å². The van der Waals surface area contributed by atoms with Gasteiger partial charge in [0.1, 0.15) is 5.82 Å². The van der Waals surface area contributed by atoms with Crippen LogP contribution in [0.1, 0.15) is 48.8 Å². The maximum atomic E-state index is 14.5. The van der Waals surface area contributed by atoms with Crippen molar-refractivity contribution in [2.75, 3.05) is 13.7 Å². The Labute approximate surface area is 128 Å². The van der Waals surface area contributed by atoms with Gasteiger partial charge < -0.3 is 4.74 Å². The SMILES string of the molecule is COC(=O)C(C)[C@@H](C[N+](=O)[O-])c1cc2c(cc1F)C(C)CC2. The Morgan fingerprint density at radius 3 is 2.82 bits per heavy atom. The second kappa shape index (κ2) is 6.42. The third-order valence-electron chi connectivity index (χ3n) is 4.56. The molecule has 2 unspecified atom stereocenters. The molecule has 0 aromatic heterocycles. The lowest BCUT2D eigenvalue weighted by Crippen LogP contribution is -2.27. The van der Waals surface area contributed by atoms with Crippen LogP contribution in [-0.2, 0) is 16.0 Å². The fourth-order valence-electron chi connectivity index (χ4n) is 3.18. The second-order valence-electron chi connectivity index (χ2n) is 5.95. The molecule has 5 nitrogen and oxygen atoms in total. The van der Waals surface area contributed by atoms with E-state index in [9.17, 15) is 19.3 Å². The van der Waals surface area contributed by atoms with E-state index >= 15 is 0 Å². The second-order valence-corrected chi connectivity index (χ2v) is 5.95. The Morgan fingerprint density at radius 1 is 1.55 bits per heavy atom. The van der Waals surface area contributed by atoms with Gasteiger partial charge in [0.25, 0.3) is 0 Å². The van der Waals surface area contributed by atoms with Gasteiger partial charge in [-0.2, -0.15) is 0 Å². The topological polar surface area (TPSA) is 69.4 Å². The van der Waals surface area contributed by atoms with Gasteiger partial charge in [-0.3, -0.25) is 14.9 Å². The molecule has 0 aliphatic heterocycles. The van der Waals surface area contributed by atoms with Crippen LogP contribution >= 0.6 is 0 Å². The molecule has 0 bridgehead atoms. The molecule has 0 spiro atoms. The molecule has 0 fully saturated rings. The van der Waals surface area contributed by atoms with Crippen molar-refractivity contribution in [2.45, 2.75) is 38.5 Å². The number of carbonyl (C=O) groups excluding carboxylic acids is 1. The first kappa shape index (κ1) is 16.4. The van der Waals surface area contributed by atoms with Crippen LogP contribution in [0.3, 0.4) is 0 Å². The lowest BCUT2D eigenvalue weighted by atomic mass is 9.85. The van der Waals surface area contributed by atoms with Crippen LogP contribution in [0, 0.1) is 21.8 Å². The third kappa shape index (κ3) is 3.10. The van der Waals surface area contributed by atoms with E-state index in [0.717, 1.165) is 24.0 Å². The molecule has 120 valence electrons. The van der Waals surface area contributed by atoms with E-state index in [1.165, 1.54) is 20.1 Å². The van der Waals surface area contributed by atoms with Crippen LogP contribution in [0.5, 0.6) is 0 Å². The smallest absolute Gasteiger partial charge is 0.309 e. The molecule has 0 heterocycles. The number of fused-ring (bicyclic) bond motifs is 1. The Morgan fingerprint density at radius 2 is 2.23 bits per heavy atom. The van der Waals surface area contributed by atoms with Crippen molar-refractivity contribution in [1.29, 1.82) is 0 Å². The minimum Gasteiger partial charge on any atom is -0.469 e. The molecular formula is C16H20FNO4. The van der Waals surface area contributed by atoms with Crippen LogP contribution in [0.15, 0.2) is 12.1 Å². The van der Waals surface area contributed by atoms with Gasteiger partial charge in [0.15, 0.2) is 0 Å². The van der Waals surface area contributed by atoms with E-state index in [1.807, 2.05) is 6.92 Å². The number of benzene rings is 1. The first-order chi connectivity index (χ1) is 10.3. The van der Waals surface area contributed by atoms with Crippen molar-refractivity contribution in [1.82, 2.24) is 0 Å². The van der Waals surface area contributed by atoms with Gasteiger partial charge in [-0.1, -0.05) is 19.9 Å². The van der Waals surface area contributed by atoms with Crippen molar-refractivity contribution in [3.05, 3.63) is 44.8 Å². The fraction of sp³-hybridized carbons (Fsp3) is 0.562. The monoisotopic (exact) mass is 309 g/mol. The van der Waals surface area contributed by atoms with E-state index < -0.39 is 35.1 Å². The molecule has 22 heavy (non-hydrogen) atoms. The molecule has 0 amide bonds. The van der Waals surface area contributed by atoms with Gasteiger partial charge in [-0.15, -0.1) is 0 Å². The van der Waals surface area contributed by atoms with Gasteiger partial charge in [0, 0.05) is 4.92 Å². The number of esters is 1. The molecule has 0 saturated carbocycles. The minimum atomic E-state index is -0.830. The first-order valence-electron chi connectivity index (χ1n) is 7.37. The molecular weight excluding hydrogens is 289 g/mol. The number of hydrogen-bond donors (Lipinski definition) is 0. The van der Waals surface area contributed by atoms with Crippen molar-refractivity contribution >= 4 is 5.97 Å². The number of hydrogen-bond acceptors (Lipinski definition) is 4. The molecule has 0 radical (unpaired) electrons. The molecule has 2 rings (SSSR count). The third-order valence-corrected chi connectivity index (χ3v) is 4.56. The number of nitrogens with zero attached hydrogens (tertiary/aromatic N) is 1. The van der Waals surface area contributed by atoms with Crippen molar-refractivity contribution in [3.8, 4) is 0 Å². The summed E-state index contributed by atoms with van der Waals surface area (Å²) >= 11 is 0. The number of rotatable bonds is 5. The number of aryl methyl sites for hydroxylation is 1. The van der Waals surface area contributed by atoms with E-state index in [4.69, 9.17) is 0 Å². The van der Waals surface area contributed by atoms with Crippen molar-refractivity contribution < 1.29 is 18.8 Å². The number of ether oxygens (including phenoxy) is 1. The largest absolute Gasteiger partial charge is 0.469 e. The summed E-state index contributed by atoms with van der Waals surface area (Å²) in [6.07, 6.45) is 1.78. The summed E-state index contributed by atoms with van der Waals surface area (Å²) < 4.78 is 19.1. The Bertz CT molecular complexity index is 602. The first-order valence-corrected chi connectivity index (χ1v) is 7.37. The highest BCUT2D eigenvalue weighted by molar-refractivity contribution is 5.73. The molecule has 3 atom stereocenters. The summed E-state index contributed by atoms with van der Waals surface area (Å²) in [5, 5.41) is 10.9. The predicted octanol–water partition coefficient (Wildman–Crippen LogP) is 3.04. The number of halogens is 1. The molecule has 0 N–H and O–H groups in total. The number of nitro groups is 1. The lowest BCUT2D eigenvalue weighted by molar-refractivity contribution is -0.484. The molecule has 1 aliphatic carbocycles.